The molecule has 0 radical (unpaired) electrons. The monoisotopic (exact) mass is 291 g/mol. The van der Waals surface area contributed by atoms with Crippen molar-refractivity contribution in [2.45, 2.75) is 23.5 Å². The number of pyridine rings is 1. The van der Waals surface area contributed by atoms with E-state index in [1.807, 2.05) is 6.92 Å². The van der Waals surface area contributed by atoms with Crippen LogP contribution in [0.4, 0.5) is 11.5 Å². The van der Waals surface area contributed by atoms with Crippen LogP contribution in [0.3, 0.4) is 0 Å². The molecule has 2 aromatic rings. The predicted octanol–water partition coefficient (Wildman–Crippen LogP) is 2.75. The van der Waals surface area contributed by atoms with E-state index in [1.165, 1.54) is 23.9 Å². The van der Waals surface area contributed by atoms with E-state index in [2.05, 4.69) is 20.3 Å². The van der Waals surface area contributed by atoms with Gasteiger partial charge in [-0.05, 0) is 24.2 Å². The topological polar surface area (TPSA) is 93.8 Å². The molecule has 7 nitrogen and oxygen atoms in total. The van der Waals surface area contributed by atoms with Crippen LogP contribution < -0.4 is 5.32 Å². The lowest BCUT2D eigenvalue weighted by molar-refractivity contribution is -0.385. The fourth-order valence-electron chi connectivity index (χ4n) is 1.42. The van der Waals surface area contributed by atoms with Crippen molar-refractivity contribution in [1.29, 1.82) is 0 Å². The molecule has 0 aromatic carbocycles. The first-order valence-electron chi connectivity index (χ1n) is 6.04. The molecule has 0 spiro atoms. The summed E-state index contributed by atoms with van der Waals surface area (Å²) in [7, 11) is 0. The third-order valence-electron chi connectivity index (χ3n) is 2.29. The lowest BCUT2D eigenvalue weighted by atomic mass is 10.4. The van der Waals surface area contributed by atoms with Crippen molar-refractivity contribution in [2.75, 3.05) is 11.9 Å². The molecule has 2 heterocycles. The van der Waals surface area contributed by atoms with E-state index in [1.54, 1.807) is 18.5 Å². The number of nitrogens with zero attached hydrogens (tertiary/aromatic N) is 4. The molecule has 0 fully saturated rings. The van der Waals surface area contributed by atoms with E-state index < -0.39 is 4.92 Å². The highest BCUT2D eigenvalue weighted by atomic mass is 32.2. The smallest absolute Gasteiger partial charge is 0.275 e. The molecule has 20 heavy (non-hydrogen) atoms. The highest BCUT2D eigenvalue weighted by molar-refractivity contribution is 7.99. The predicted molar refractivity (Wildman–Crippen MR) is 75.8 cm³/mol. The Morgan fingerprint density at radius 1 is 1.35 bits per heavy atom. The van der Waals surface area contributed by atoms with Gasteiger partial charge in [-0.3, -0.25) is 10.1 Å². The van der Waals surface area contributed by atoms with Crippen LogP contribution in [0.1, 0.15) is 13.3 Å². The van der Waals surface area contributed by atoms with Crippen molar-refractivity contribution in [3.8, 4) is 0 Å². The summed E-state index contributed by atoms with van der Waals surface area (Å²) in [5.74, 6) is 0.486. The van der Waals surface area contributed by atoms with Crippen LogP contribution in [-0.4, -0.2) is 26.4 Å². The summed E-state index contributed by atoms with van der Waals surface area (Å²) in [5, 5.41) is 15.0. The quantitative estimate of drug-likeness (QED) is 0.496. The fraction of sp³-hybridized carbons (Fsp3) is 0.250. The minimum absolute atomic E-state index is 0.00275. The Balaban J connectivity index is 2.26. The summed E-state index contributed by atoms with van der Waals surface area (Å²) in [6.45, 7) is 2.72. The van der Waals surface area contributed by atoms with Crippen molar-refractivity contribution in [3.63, 3.8) is 0 Å². The van der Waals surface area contributed by atoms with E-state index in [9.17, 15) is 10.1 Å². The largest absolute Gasteiger partial charge is 0.370 e. The van der Waals surface area contributed by atoms with Gasteiger partial charge in [-0.2, -0.15) is 0 Å². The van der Waals surface area contributed by atoms with Crippen molar-refractivity contribution in [3.05, 3.63) is 40.7 Å². The number of nitrogens with one attached hydrogen (secondary N) is 1. The Morgan fingerprint density at radius 2 is 2.10 bits per heavy atom. The number of aromatic nitrogens is 3. The molecule has 0 saturated heterocycles. The average molecular weight is 291 g/mol. The number of rotatable bonds is 6. The van der Waals surface area contributed by atoms with Gasteiger partial charge in [0, 0.05) is 25.0 Å². The van der Waals surface area contributed by atoms with E-state index in [-0.39, 0.29) is 5.69 Å². The van der Waals surface area contributed by atoms with Crippen molar-refractivity contribution in [2.24, 2.45) is 0 Å². The van der Waals surface area contributed by atoms with E-state index >= 15 is 0 Å². The van der Waals surface area contributed by atoms with Gasteiger partial charge >= 0.3 is 0 Å². The zero-order valence-electron chi connectivity index (χ0n) is 10.8. The van der Waals surface area contributed by atoms with Gasteiger partial charge in [-0.1, -0.05) is 6.92 Å². The molecule has 2 aromatic heterocycles. The summed E-state index contributed by atoms with van der Waals surface area (Å²) in [6, 6.07) is 4.54. The van der Waals surface area contributed by atoms with Gasteiger partial charge in [-0.15, -0.1) is 0 Å². The van der Waals surface area contributed by atoms with Crippen LogP contribution in [-0.2, 0) is 0 Å². The average Bonchev–Trinajstić information content (AvgIpc) is 2.46. The van der Waals surface area contributed by atoms with Crippen LogP contribution in [0.25, 0.3) is 0 Å². The molecular formula is C12H13N5O2S. The molecule has 0 saturated carbocycles. The standard InChI is InChI=1S/C12H13N5O2S/c1-2-4-13-10-7-9(17(18)19)8-11(16-10)20-12-14-5-3-6-15-12/h3,5-8H,2,4H2,1H3,(H,13,16). The minimum Gasteiger partial charge on any atom is -0.370 e. The summed E-state index contributed by atoms with van der Waals surface area (Å²) < 4.78 is 0. The zero-order valence-corrected chi connectivity index (χ0v) is 11.6. The normalized spacial score (nSPS) is 10.2. The molecule has 2 rings (SSSR count). The Labute approximate surface area is 120 Å². The molecule has 0 amide bonds. The highest BCUT2D eigenvalue weighted by Gasteiger charge is 2.12. The van der Waals surface area contributed by atoms with E-state index in [0.29, 0.717) is 22.5 Å². The first-order valence-corrected chi connectivity index (χ1v) is 6.86. The summed E-state index contributed by atoms with van der Waals surface area (Å²) >= 11 is 1.19. The SMILES string of the molecule is CCCNc1cc([N+](=O)[O-])cc(Sc2ncccn2)n1. The zero-order chi connectivity index (χ0) is 14.4. The molecule has 0 atom stereocenters. The third-order valence-corrected chi connectivity index (χ3v) is 3.10. The molecule has 0 bridgehead atoms. The Bertz CT molecular complexity index is 594. The van der Waals surface area contributed by atoms with Crippen molar-refractivity contribution >= 4 is 23.3 Å². The Kier molecular flexibility index (Phi) is 4.83. The van der Waals surface area contributed by atoms with Crippen molar-refractivity contribution < 1.29 is 4.92 Å². The Hall–Kier alpha value is -2.22. The molecular weight excluding hydrogens is 278 g/mol. The van der Waals surface area contributed by atoms with Gasteiger partial charge in [0.25, 0.3) is 5.69 Å². The third kappa shape index (κ3) is 3.89. The Morgan fingerprint density at radius 3 is 2.75 bits per heavy atom. The summed E-state index contributed by atoms with van der Waals surface area (Å²) in [5.41, 5.74) is -0.00275. The first-order chi connectivity index (χ1) is 9.69. The molecule has 0 unspecified atom stereocenters. The first kappa shape index (κ1) is 14.2. The van der Waals surface area contributed by atoms with Crippen LogP contribution in [0, 0.1) is 10.1 Å². The number of hydrogen-bond acceptors (Lipinski definition) is 7. The maximum atomic E-state index is 10.9. The van der Waals surface area contributed by atoms with Gasteiger partial charge in [0.1, 0.15) is 10.8 Å². The molecule has 0 aliphatic heterocycles. The fourth-order valence-corrected chi connectivity index (χ4v) is 2.16. The summed E-state index contributed by atoms with van der Waals surface area (Å²) in [4.78, 5) is 22.9. The number of nitro groups is 1. The van der Waals surface area contributed by atoms with Crippen LogP contribution in [0.2, 0.25) is 0 Å². The van der Waals surface area contributed by atoms with Crippen LogP contribution in [0.15, 0.2) is 40.8 Å². The second-order valence-corrected chi connectivity index (χ2v) is 4.85. The minimum atomic E-state index is -0.436. The second-order valence-electron chi connectivity index (χ2n) is 3.87. The molecule has 1 N–H and O–H groups in total. The van der Waals surface area contributed by atoms with Crippen LogP contribution in [0.5, 0.6) is 0 Å². The van der Waals surface area contributed by atoms with Gasteiger partial charge in [0.15, 0.2) is 5.16 Å². The lowest BCUT2D eigenvalue weighted by Crippen LogP contribution is -2.03. The van der Waals surface area contributed by atoms with Crippen molar-refractivity contribution in [1.82, 2.24) is 15.0 Å². The summed E-state index contributed by atoms with van der Waals surface area (Å²) in [6.07, 6.45) is 4.14. The maximum Gasteiger partial charge on any atom is 0.275 e. The number of anilines is 1. The van der Waals surface area contributed by atoms with Crippen LogP contribution >= 0.6 is 11.8 Å². The maximum absolute atomic E-state index is 10.9. The van der Waals surface area contributed by atoms with Gasteiger partial charge < -0.3 is 5.32 Å². The van der Waals surface area contributed by atoms with E-state index in [4.69, 9.17) is 0 Å². The second kappa shape index (κ2) is 6.80. The van der Waals surface area contributed by atoms with E-state index in [0.717, 1.165) is 6.42 Å². The molecule has 8 heteroatoms. The molecule has 0 aliphatic carbocycles. The molecule has 0 aliphatic rings. The molecule has 104 valence electrons. The van der Waals surface area contributed by atoms with Gasteiger partial charge in [0.05, 0.1) is 11.0 Å². The van der Waals surface area contributed by atoms with Gasteiger partial charge in [0.2, 0.25) is 0 Å². The lowest BCUT2D eigenvalue weighted by Gasteiger charge is -2.06. The number of hydrogen-bond donors (Lipinski definition) is 1. The highest BCUT2D eigenvalue weighted by Crippen LogP contribution is 2.27. The van der Waals surface area contributed by atoms with Gasteiger partial charge in [-0.25, -0.2) is 15.0 Å².